The van der Waals surface area contributed by atoms with Crippen LogP contribution in [-0.4, -0.2) is 24.5 Å². The third-order valence-corrected chi connectivity index (χ3v) is 9.62. The fourth-order valence-electron chi connectivity index (χ4n) is 7.27. The van der Waals surface area contributed by atoms with E-state index in [2.05, 4.69) is 120 Å². The van der Waals surface area contributed by atoms with Crippen molar-refractivity contribution in [1.82, 2.24) is 24.5 Å². The van der Waals surface area contributed by atoms with Crippen molar-refractivity contribution in [1.29, 1.82) is 0 Å². The molecule has 0 unspecified atom stereocenters. The van der Waals surface area contributed by atoms with E-state index in [9.17, 15) is 0 Å². The summed E-state index contributed by atoms with van der Waals surface area (Å²) in [4.78, 5) is 20.2. The van der Waals surface area contributed by atoms with Crippen LogP contribution >= 0.6 is 0 Å². The molecule has 0 saturated heterocycles. The van der Waals surface area contributed by atoms with Gasteiger partial charge in [-0.05, 0) is 47.2 Å². The lowest BCUT2D eigenvalue weighted by Crippen LogP contribution is -2.00. The molecule has 0 atom stereocenters. The van der Waals surface area contributed by atoms with Gasteiger partial charge in [0.25, 0.3) is 0 Å². The second kappa shape index (κ2) is 11.9. The van der Waals surface area contributed by atoms with Crippen molar-refractivity contribution >= 4 is 43.5 Å². The molecule has 7 aromatic carbocycles. The summed E-state index contributed by atoms with van der Waals surface area (Å²) in [5.41, 5.74) is 9.15. The average Bonchev–Trinajstić information content (AvgIpc) is 3.56. The molecule has 0 saturated carbocycles. The summed E-state index contributed by atoms with van der Waals surface area (Å²) >= 11 is 0. The van der Waals surface area contributed by atoms with E-state index in [1.165, 1.54) is 10.8 Å². The molecule has 0 N–H and O–H groups in total. The third-order valence-electron chi connectivity index (χ3n) is 9.62. The molecule has 5 nitrogen and oxygen atoms in total. The molecule has 51 heavy (non-hydrogen) atoms. The van der Waals surface area contributed by atoms with Crippen LogP contribution in [0.2, 0.25) is 0 Å². The van der Waals surface area contributed by atoms with E-state index in [4.69, 9.17) is 19.9 Å². The quantitative estimate of drug-likeness (QED) is 0.174. The summed E-state index contributed by atoms with van der Waals surface area (Å²) in [6.07, 6.45) is 0. The Balaban J connectivity index is 1.23. The highest BCUT2D eigenvalue weighted by molar-refractivity contribution is 6.27. The smallest absolute Gasteiger partial charge is 0.164 e. The molecule has 10 aromatic rings. The first-order valence-electron chi connectivity index (χ1n) is 17.1. The van der Waals surface area contributed by atoms with E-state index in [0.29, 0.717) is 17.5 Å². The van der Waals surface area contributed by atoms with Gasteiger partial charge in [-0.1, -0.05) is 140 Å². The van der Waals surface area contributed by atoms with Gasteiger partial charge < -0.3 is 4.57 Å². The second-order valence-electron chi connectivity index (χ2n) is 12.7. The fraction of sp³-hybridized carbons (Fsp3) is 0. The Morgan fingerprint density at radius 3 is 1.49 bits per heavy atom. The van der Waals surface area contributed by atoms with Crippen molar-refractivity contribution < 1.29 is 0 Å². The van der Waals surface area contributed by atoms with Crippen LogP contribution in [-0.2, 0) is 0 Å². The van der Waals surface area contributed by atoms with Crippen LogP contribution in [0.25, 0.3) is 94.6 Å². The van der Waals surface area contributed by atoms with Crippen molar-refractivity contribution in [3.63, 3.8) is 0 Å². The molecule has 0 fully saturated rings. The molecule has 238 valence electrons. The molecule has 0 spiro atoms. The average molecular weight is 652 g/mol. The Kier molecular flexibility index (Phi) is 6.74. The Bertz CT molecular complexity index is 2820. The number of benzene rings is 7. The first-order valence-corrected chi connectivity index (χ1v) is 17.1. The lowest BCUT2D eigenvalue weighted by molar-refractivity contribution is 1.07. The van der Waals surface area contributed by atoms with Crippen molar-refractivity contribution in [3.05, 3.63) is 176 Å². The number of para-hydroxylation sites is 1. The van der Waals surface area contributed by atoms with Crippen LogP contribution in [0.3, 0.4) is 0 Å². The lowest BCUT2D eigenvalue weighted by Gasteiger charge is -2.14. The first kappa shape index (κ1) is 29.0. The second-order valence-corrected chi connectivity index (χ2v) is 12.7. The van der Waals surface area contributed by atoms with Gasteiger partial charge in [0.1, 0.15) is 0 Å². The summed E-state index contributed by atoms with van der Waals surface area (Å²) in [7, 11) is 0. The number of fused-ring (bicyclic) bond motifs is 7. The minimum absolute atomic E-state index is 0.628. The van der Waals surface area contributed by atoms with Crippen molar-refractivity contribution in [2.45, 2.75) is 0 Å². The molecule has 0 radical (unpaired) electrons. The number of rotatable bonds is 5. The largest absolute Gasteiger partial charge is 0.308 e. The van der Waals surface area contributed by atoms with Gasteiger partial charge in [-0.2, -0.15) is 0 Å². The van der Waals surface area contributed by atoms with Crippen LogP contribution in [0.15, 0.2) is 176 Å². The van der Waals surface area contributed by atoms with E-state index in [1.807, 2.05) is 60.7 Å². The molecule has 3 aromatic heterocycles. The highest BCUT2D eigenvalue weighted by Crippen LogP contribution is 2.43. The Morgan fingerprint density at radius 1 is 0.353 bits per heavy atom. The van der Waals surface area contributed by atoms with Gasteiger partial charge in [-0.25, -0.2) is 19.9 Å². The van der Waals surface area contributed by atoms with Crippen LogP contribution in [0.5, 0.6) is 0 Å². The minimum atomic E-state index is 0.628. The van der Waals surface area contributed by atoms with E-state index < -0.39 is 0 Å². The maximum atomic E-state index is 5.37. The highest BCUT2D eigenvalue weighted by Gasteiger charge is 2.22. The van der Waals surface area contributed by atoms with Crippen LogP contribution < -0.4 is 0 Å². The Labute approximate surface area is 294 Å². The number of aromatic nitrogens is 5. The molecule has 0 aliphatic rings. The Morgan fingerprint density at radius 2 is 0.863 bits per heavy atom. The summed E-state index contributed by atoms with van der Waals surface area (Å²) in [5.74, 6) is 1.92. The van der Waals surface area contributed by atoms with Crippen LogP contribution in [0.1, 0.15) is 0 Å². The maximum absolute atomic E-state index is 5.37. The predicted molar refractivity (Wildman–Crippen MR) is 209 cm³/mol. The normalized spacial score (nSPS) is 11.5. The number of hydrogen-bond acceptors (Lipinski definition) is 4. The van der Waals surface area contributed by atoms with Crippen molar-refractivity contribution in [2.75, 3.05) is 0 Å². The van der Waals surface area contributed by atoms with E-state index in [1.54, 1.807) is 0 Å². The standard InChI is InChI=1S/C46H29N5/c1-4-15-31(16-5-1)42-41-37-22-12-13-23-39(37)51(43(41)40-36-21-11-10-14-30(36)26-29-38(40)47-42)35-27-24-34(25-28-35)46-49-44(32-17-6-2-7-18-32)48-45(50-46)33-19-8-3-9-20-33/h1-29H. The highest BCUT2D eigenvalue weighted by atomic mass is 15.0. The zero-order valence-electron chi connectivity index (χ0n) is 27.5. The van der Waals surface area contributed by atoms with Gasteiger partial charge in [0.2, 0.25) is 0 Å². The molecule has 10 rings (SSSR count). The van der Waals surface area contributed by atoms with Crippen molar-refractivity contribution in [2.24, 2.45) is 0 Å². The number of pyridine rings is 1. The van der Waals surface area contributed by atoms with Crippen molar-refractivity contribution in [3.8, 4) is 51.1 Å². The maximum Gasteiger partial charge on any atom is 0.164 e. The van der Waals surface area contributed by atoms with Gasteiger partial charge in [0.05, 0.1) is 22.2 Å². The number of nitrogens with zero attached hydrogens (tertiary/aromatic N) is 5. The van der Waals surface area contributed by atoms with Gasteiger partial charge in [-0.3, -0.25) is 0 Å². The van der Waals surface area contributed by atoms with Gasteiger partial charge >= 0.3 is 0 Å². The topological polar surface area (TPSA) is 56.5 Å². The third kappa shape index (κ3) is 4.86. The zero-order chi connectivity index (χ0) is 33.7. The molecule has 3 heterocycles. The molecule has 0 aliphatic carbocycles. The van der Waals surface area contributed by atoms with Crippen LogP contribution in [0.4, 0.5) is 0 Å². The summed E-state index contributed by atoms with van der Waals surface area (Å²) in [5, 5.41) is 5.81. The van der Waals surface area contributed by atoms with Gasteiger partial charge in [0.15, 0.2) is 17.5 Å². The van der Waals surface area contributed by atoms with Gasteiger partial charge in [-0.15, -0.1) is 0 Å². The fourth-order valence-corrected chi connectivity index (χ4v) is 7.27. The molecular weight excluding hydrogens is 623 g/mol. The molecule has 0 aliphatic heterocycles. The molecule has 5 heteroatoms. The summed E-state index contributed by atoms with van der Waals surface area (Å²) in [6, 6.07) is 60.9. The predicted octanol–water partition coefficient (Wildman–Crippen LogP) is 11.3. The zero-order valence-corrected chi connectivity index (χ0v) is 27.5. The summed E-state index contributed by atoms with van der Waals surface area (Å²) < 4.78 is 2.40. The SMILES string of the molecule is c1ccc(-c2nc(-c3ccccc3)nc(-c3ccc(-n4c5ccccc5c5c(-c6ccccc6)nc6ccc7ccccc7c6c54)cc3)n2)cc1. The molecular formula is C46H29N5. The minimum Gasteiger partial charge on any atom is -0.308 e. The molecule has 0 amide bonds. The first-order chi connectivity index (χ1) is 25.3. The van der Waals surface area contributed by atoms with Crippen LogP contribution in [0, 0.1) is 0 Å². The number of hydrogen-bond donors (Lipinski definition) is 0. The Hall–Kier alpha value is -6.98. The lowest BCUT2D eigenvalue weighted by atomic mass is 9.99. The van der Waals surface area contributed by atoms with E-state index in [-0.39, 0.29) is 0 Å². The molecule has 0 bridgehead atoms. The van der Waals surface area contributed by atoms with E-state index in [0.717, 1.165) is 66.3 Å². The van der Waals surface area contributed by atoms with Gasteiger partial charge in [0, 0.05) is 44.1 Å². The summed E-state index contributed by atoms with van der Waals surface area (Å²) in [6.45, 7) is 0. The monoisotopic (exact) mass is 651 g/mol. The van der Waals surface area contributed by atoms with E-state index >= 15 is 0 Å².